The minimum atomic E-state index is -4.67. The van der Waals surface area contributed by atoms with Crippen LogP contribution in [0.5, 0.6) is 5.75 Å². The van der Waals surface area contributed by atoms with Crippen molar-refractivity contribution in [3.63, 3.8) is 0 Å². The van der Waals surface area contributed by atoms with Gasteiger partial charge in [-0.15, -0.1) is 10.2 Å². The summed E-state index contributed by atoms with van der Waals surface area (Å²) in [7, 11) is 1.60. The normalized spacial score (nSPS) is 12.6. The number of methoxy groups -OCH3 is 1. The zero-order valence-electron chi connectivity index (χ0n) is 16.5. The van der Waals surface area contributed by atoms with Gasteiger partial charge in [-0.25, -0.2) is 4.98 Å². The summed E-state index contributed by atoms with van der Waals surface area (Å²) in [6.45, 7) is 3.33. The summed E-state index contributed by atoms with van der Waals surface area (Å²) in [4.78, 5) is 19.8. The first kappa shape index (κ1) is 21.3. The van der Waals surface area contributed by atoms with Gasteiger partial charge in [0, 0.05) is 6.04 Å². The maximum absolute atomic E-state index is 12.7. The van der Waals surface area contributed by atoms with Gasteiger partial charge in [-0.05, 0) is 44.4 Å². The number of hydrogen-bond acceptors (Lipinski definition) is 6. The Hall–Kier alpha value is -3.44. The fourth-order valence-corrected chi connectivity index (χ4v) is 2.69. The number of rotatable bonds is 7. The topological polar surface area (TPSA) is 111 Å². The molecule has 0 aliphatic heterocycles. The molecule has 0 aliphatic carbocycles. The average molecular weight is 423 g/mol. The lowest BCUT2D eigenvalue weighted by Gasteiger charge is -2.12. The van der Waals surface area contributed by atoms with E-state index in [-0.39, 0.29) is 23.6 Å². The molecule has 1 amide bonds. The molecule has 9 nitrogen and oxygen atoms in total. The maximum atomic E-state index is 12.7. The van der Waals surface area contributed by atoms with Gasteiger partial charge in [0.25, 0.3) is 11.9 Å². The van der Waals surface area contributed by atoms with Crippen molar-refractivity contribution in [1.82, 2.24) is 35.3 Å². The molecule has 2 N–H and O–H groups in total. The molecule has 0 spiro atoms. The Morgan fingerprint density at radius 1 is 1.27 bits per heavy atom. The summed E-state index contributed by atoms with van der Waals surface area (Å²) in [6.07, 6.45) is -3.25. The second-order valence-electron chi connectivity index (χ2n) is 6.64. The number of aromatic nitrogens is 6. The Morgan fingerprint density at radius 2 is 1.97 bits per heavy atom. The SMILES string of the molecule is COc1ccc(CCC(C)NC(=O)c2nc(C)n(-c3n[nH]c(C(F)(F)F)n3)n2)cc1. The predicted octanol–water partition coefficient (Wildman–Crippen LogP) is 2.47. The Labute approximate surface area is 169 Å². The van der Waals surface area contributed by atoms with Gasteiger partial charge in [-0.1, -0.05) is 12.1 Å². The standard InChI is InChI=1S/C18H20F3N7O2/c1-10(4-5-12-6-8-13(30-3)9-7-12)22-15(29)14-23-11(2)28(27-14)17-24-16(25-26-17)18(19,20)21/h6-10H,4-5H2,1-3H3,(H,22,29)(H,24,25,26). The van der Waals surface area contributed by atoms with Crippen molar-refractivity contribution in [3.8, 4) is 11.7 Å². The van der Waals surface area contributed by atoms with Gasteiger partial charge < -0.3 is 10.1 Å². The van der Waals surface area contributed by atoms with Crippen LogP contribution in [0.4, 0.5) is 13.2 Å². The van der Waals surface area contributed by atoms with Crippen molar-refractivity contribution in [3.05, 3.63) is 47.3 Å². The van der Waals surface area contributed by atoms with Crippen LogP contribution in [0.1, 0.15) is 41.2 Å². The lowest BCUT2D eigenvalue weighted by atomic mass is 10.1. The van der Waals surface area contributed by atoms with Gasteiger partial charge in [-0.2, -0.15) is 22.8 Å². The molecule has 1 unspecified atom stereocenters. The molecule has 3 aromatic rings. The number of benzene rings is 1. The first-order valence-corrected chi connectivity index (χ1v) is 9.05. The van der Waals surface area contributed by atoms with Gasteiger partial charge in [0.2, 0.25) is 11.6 Å². The van der Waals surface area contributed by atoms with Crippen LogP contribution in [0, 0.1) is 6.92 Å². The number of carbonyl (C=O) groups is 1. The summed E-state index contributed by atoms with van der Waals surface area (Å²) in [5, 5.41) is 12.0. The highest BCUT2D eigenvalue weighted by Gasteiger charge is 2.35. The summed E-state index contributed by atoms with van der Waals surface area (Å²) < 4.78 is 44.1. The molecule has 0 aliphatic rings. The molecule has 1 aromatic carbocycles. The van der Waals surface area contributed by atoms with Crippen LogP contribution in [0.25, 0.3) is 5.95 Å². The van der Waals surface area contributed by atoms with Crippen LogP contribution < -0.4 is 10.1 Å². The molecule has 0 saturated heterocycles. The zero-order valence-corrected chi connectivity index (χ0v) is 16.5. The molecule has 0 saturated carbocycles. The molecule has 1 atom stereocenters. The number of aryl methyl sites for hydroxylation is 2. The van der Waals surface area contributed by atoms with Gasteiger partial charge in [0.1, 0.15) is 11.6 Å². The number of hydrogen-bond donors (Lipinski definition) is 2. The van der Waals surface area contributed by atoms with Gasteiger partial charge in [-0.3, -0.25) is 9.89 Å². The highest BCUT2D eigenvalue weighted by atomic mass is 19.4. The summed E-state index contributed by atoms with van der Waals surface area (Å²) in [6, 6.07) is 7.46. The largest absolute Gasteiger partial charge is 0.497 e. The Balaban J connectivity index is 1.61. The predicted molar refractivity (Wildman–Crippen MR) is 99.3 cm³/mol. The molecule has 30 heavy (non-hydrogen) atoms. The smallest absolute Gasteiger partial charge is 0.451 e. The van der Waals surface area contributed by atoms with Gasteiger partial charge >= 0.3 is 6.18 Å². The van der Waals surface area contributed by atoms with Crippen LogP contribution in [-0.2, 0) is 12.6 Å². The molecule has 2 aromatic heterocycles. The molecule has 2 heterocycles. The highest BCUT2D eigenvalue weighted by Crippen LogP contribution is 2.26. The van der Waals surface area contributed by atoms with Crippen molar-refractivity contribution in [2.24, 2.45) is 0 Å². The van der Waals surface area contributed by atoms with Gasteiger partial charge in [0.05, 0.1) is 7.11 Å². The number of amides is 1. The molecular formula is C18H20F3N7O2. The summed E-state index contributed by atoms with van der Waals surface area (Å²) in [5.41, 5.74) is 1.10. The molecule has 0 bridgehead atoms. The van der Waals surface area contributed by atoms with Crippen LogP contribution in [-0.4, -0.2) is 49.0 Å². The maximum Gasteiger partial charge on any atom is 0.451 e. The van der Waals surface area contributed by atoms with Crippen molar-refractivity contribution >= 4 is 5.91 Å². The highest BCUT2D eigenvalue weighted by molar-refractivity contribution is 5.90. The quantitative estimate of drug-likeness (QED) is 0.604. The number of nitrogens with one attached hydrogen (secondary N) is 2. The third-order valence-corrected chi connectivity index (χ3v) is 4.31. The van der Waals surface area contributed by atoms with Crippen LogP contribution in [0.3, 0.4) is 0 Å². The van der Waals surface area contributed by atoms with Gasteiger partial charge in [0.15, 0.2) is 0 Å². The minimum absolute atomic E-state index is 0.174. The molecule has 160 valence electrons. The fraction of sp³-hybridized carbons (Fsp3) is 0.389. The van der Waals surface area contributed by atoms with E-state index in [0.717, 1.165) is 22.4 Å². The van der Waals surface area contributed by atoms with Crippen molar-refractivity contribution in [2.45, 2.75) is 38.9 Å². The van der Waals surface area contributed by atoms with E-state index in [1.807, 2.05) is 31.2 Å². The number of ether oxygens (including phenoxy) is 1. The zero-order chi connectivity index (χ0) is 21.9. The summed E-state index contributed by atoms with van der Waals surface area (Å²) >= 11 is 0. The second-order valence-corrected chi connectivity index (χ2v) is 6.64. The molecular weight excluding hydrogens is 403 g/mol. The minimum Gasteiger partial charge on any atom is -0.497 e. The van der Waals surface area contributed by atoms with E-state index in [0.29, 0.717) is 6.42 Å². The Morgan fingerprint density at radius 3 is 2.57 bits per heavy atom. The third kappa shape index (κ3) is 4.93. The van der Waals surface area contributed by atoms with E-state index in [9.17, 15) is 18.0 Å². The van der Waals surface area contributed by atoms with Crippen molar-refractivity contribution in [2.75, 3.05) is 7.11 Å². The van der Waals surface area contributed by atoms with Crippen LogP contribution in [0.2, 0.25) is 0 Å². The fourth-order valence-electron chi connectivity index (χ4n) is 2.69. The van der Waals surface area contributed by atoms with E-state index in [1.165, 1.54) is 6.92 Å². The first-order chi connectivity index (χ1) is 14.2. The van der Waals surface area contributed by atoms with Crippen LogP contribution in [0.15, 0.2) is 24.3 Å². The monoisotopic (exact) mass is 423 g/mol. The average Bonchev–Trinajstić information content (AvgIpc) is 3.33. The van der Waals surface area contributed by atoms with Crippen LogP contribution >= 0.6 is 0 Å². The number of H-pyrrole nitrogens is 1. The van der Waals surface area contributed by atoms with E-state index >= 15 is 0 Å². The Kier molecular flexibility index (Phi) is 6.04. The van der Waals surface area contributed by atoms with Crippen molar-refractivity contribution < 1.29 is 22.7 Å². The molecule has 12 heteroatoms. The third-order valence-electron chi connectivity index (χ3n) is 4.31. The first-order valence-electron chi connectivity index (χ1n) is 9.05. The van der Waals surface area contributed by atoms with E-state index < -0.39 is 17.9 Å². The van der Waals surface area contributed by atoms with E-state index in [4.69, 9.17) is 4.74 Å². The summed E-state index contributed by atoms with van der Waals surface area (Å²) in [5.74, 6) is -1.37. The lowest BCUT2D eigenvalue weighted by Crippen LogP contribution is -2.33. The van der Waals surface area contributed by atoms with Crippen molar-refractivity contribution in [1.29, 1.82) is 0 Å². The number of carbonyl (C=O) groups excluding carboxylic acids is 1. The number of alkyl halides is 3. The molecule has 3 rings (SSSR count). The Bertz CT molecular complexity index is 1010. The van der Waals surface area contributed by atoms with E-state index in [2.05, 4.69) is 25.5 Å². The number of nitrogens with zero attached hydrogens (tertiary/aromatic N) is 5. The molecule has 0 fully saturated rings. The second kappa shape index (κ2) is 8.51. The molecule has 0 radical (unpaired) electrons. The lowest BCUT2D eigenvalue weighted by molar-refractivity contribution is -0.144. The number of halogens is 3. The van der Waals surface area contributed by atoms with E-state index in [1.54, 1.807) is 12.2 Å². The number of aromatic amines is 1.